The quantitative estimate of drug-likeness (QED) is 0.556. The number of rotatable bonds is 2. The maximum absolute atomic E-state index is 11.0. The van der Waals surface area contributed by atoms with Gasteiger partial charge in [0, 0.05) is 6.42 Å². The molecule has 0 saturated carbocycles. The van der Waals surface area contributed by atoms with Gasteiger partial charge in [0.1, 0.15) is 6.04 Å². The van der Waals surface area contributed by atoms with Crippen LogP contribution in [0, 0.1) is 17.2 Å². The first-order valence-corrected chi connectivity index (χ1v) is 3.63. The SMILES string of the molecule is C[C@H](CC#N)C1NC(=O)NC1=O. The highest BCUT2D eigenvalue weighted by molar-refractivity contribution is 6.04. The number of nitrogens with one attached hydrogen (secondary N) is 2. The molecule has 1 unspecified atom stereocenters. The van der Waals surface area contributed by atoms with Gasteiger partial charge in [0.05, 0.1) is 6.07 Å². The third-order valence-corrected chi connectivity index (χ3v) is 1.79. The van der Waals surface area contributed by atoms with Crippen molar-refractivity contribution in [1.82, 2.24) is 10.6 Å². The standard InChI is InChI=1S/C7H9N3O2/c1-4(2-3-8)5-6(11)10-7(12)9-5/h4-5H,2H2,1H3,(H2,9,10,11,12)/t4-,5?/m1/s1. The van der Waals surface area contributed by atoms with Crippen molar-refractivity contribution >= 4 is 11.9 Å². The number of nitriles is 1. The van der Waals surface area contributed by atoms with E-state index in [1.807, 2.05) is 6.07 Å². The van der Waals surface area contributed by atoms with Crippen LogP contribution < -0.4 is 10.6 Å². The van der Waals surface area contributed by atoms with Crippen LogP contribution in [-0.4, -0.2) is 18.0 Å². The minimum absolute atomic E-state index is 0.138. The zero-order valence-corrected chi connectivity index (χ0v) is 6.63. The molecule has 1 aliphatic rings. The van der Waals surface area contributed by atoms with Crippen molar-refractivity contribution in [2.45, 2.75) is 19.4 Å². The first kappa shape index (κ1) is 8.53. The summed E-state index contributed by atoms with van der Waals surface area (Å²) in [5, 5.41) is 12.9. The molecule has 1 saturated heterocycles. The monoisotopic (exact) mass is 167 g/mol. The molecule has 64 valence electrons. The van der Waals surface area contributed by atoms with Crippen molar-refractivity contribution in [2.24, 2.45) is 5.92 Å². The molecule has 5 heteroatoms. The van der Waals surface area contributed by atoms with Crippen LogP contribution >= 0.6 is 0 Å². The molecular weight excluding hydrogens is 158 g/mol. The Hall–Kier alpha value is -1.57. The number of hydrogen-bond acceptors (Lipinski definition) is 3. The van der Waals surface area contributed by atoms with Gasteiger partial charge in [-0.3, -0.25) is 10.1 Å². The Labute approximate surface area is 69.7 Å². The maximum atomic E-state index is 11.0. The maximum Gasteiger partial charge on any atom is 0.322 e. The highest BCUT2D eigenvalue weighted by Gasteiger charge is 2.33. The molecule has 3 amide bonds. The van der Waals surface area contributed by atoms with Gasteiger partial charge in [0.15, 0.2) is 0 Å². The zero-order chi connectivity index (χ0) is 9.14. The Morgan fingerprint density at radius 3 is 2.75 bits per heavy atom. The molecule has 1 aliphatic heterocycles. The van der Waals surface area contributed by atoms with Crippen molar-refractivity contribution in [3.05, 3.63) is 0 Å². The fourth-order valence-electron chi connectivity index (χ4n) is 1.10. The topological polar surface area (TPSA) is 82.0 Å². The smallest absolute Gasteiger partial charge is 0.322 e. The Morgan fingerprint density at radius 1 is 1.67 bits per heavy atom. The summed E-state index contributed by atoms with van der Waals surface area (Å²) in [5.41, 5.74) is 0. The normalized spacial score (nSPS) is 24.2. The van der Waals surface area contributed by atoms with Crippen molar-refractivity contribution in [3.8, 4) is 6.07 Å². The van der Waals surface area contributed by atoms with Crippen LogP contribution in [0.5, 0.6) is 0 Å². The Bertz CT molecular complexity index is 256. The number of imide groups is 1. The average molecular weight is 167 g/mol. The molecule has 0 aromatic carbocycles. The molecule has 1 rings (SSSR count). The predicted octanol–water partition coefficient (Wildman–Crippen LogP) is -0.256. The summed E-state index contributed by atoms with van der Waals surface area (Å²) in [7, 11) is 0. The summed E-state index contributed by atoms with van der Waals surface area (Å²) in [6, 6.07) is 0.927. The second kappa shape index (κ2) is 3.22. The Morgan fingerprint density at radius 2 is 2.33 bits per heavy atom. The minimum Gasteiger partial charge on any atom is -0.326 e. The molecule has 2 N–H and O–H groups in total. The number of carbonyl (C=O) groups excluding carboxylic acids is 2. The van der Waals surface area contributed by atoms with Gasteiger partial charge < -0.3 is 5.32 Å². The molecule has 0 aliphatic carbocycles. The highest BCUT2D eigenvalue weighted by atomic mass is 16.2. The van der Waals surface area contributed by atoms with Crippen molar-refractivity contribution < 1.29 is 9.59 Å². The third kappa shape index (κ3) is 1.53. The van der Waals surface area contributed by atoms with Crippen LogP contribution in [-0.2, 0) is 4.79 Å². The van der Waals surface area contributed by atoms with E-state index >= 15 is 0 Å². The number of nitrogens with zero attached hydrogens (tertiary/aromatic N) is 1. The van der Waals surface area contributed by atoms with Gasteiger partial charge in [-0.05, 0) is 5.92 Å². The van der Waals surface area contributed by atoms with E-state index in [0.717, 1.165) is 0 Å². The number of urea groups is 1. The second-order valence-corrected chi connectivity index (χ2v) is 2.78. The summed E-state index contributed by atoms with van der Waals surface area (Å²) >= 11 is 0. The summed E-state index contributed by atoms with van der Waals surface area (Å²) in [6.45, 7) is 1.75. The summed E-state index contributed by atoms with van der Waals surface area (Å²) in [4.78, 5) is 21.6. The Balaban J connectivity index is 2.59. The summed E-state index contributed by atoms with van der Waals surface area (Å²) in [5.74, 6) is -0.482. The summed E-state index contributed by atoms with van der Waals surface area (Å²) in [6.07, 6.45) is 0.262. The fourth-order valence-corrected chi connectivity index (χ4v) is 1.10. The van der Waals surface area contributed by atoms with Crippen LogP contribution in [0.15, 0.2) is 0 Å². The molecule has 0 aromatic heterocycles. The van der Waals surface area contributed by atoms with Gasteiger partial charge >= 0.3 is 6.03 Å². The lowest BCUT2D eigenvalue weighted by atomic mass is 9.99. The van der Waals surface area contributed by atoms with Crippen LogP contribution in [0.25, 0.3) is 0 Å². The molecule has 2 atom stereocenters. The van der Waals surface area contributed by atoms with Crippen LogP contribution in [0.2, 0.25) is 0 Å². The van der Waals surface area contributed by atoms with Gasteiger partial charge in [0.25, 0.3) is 5.91 Å². The van der Waals surface area contributed by atoms with E-state index in [4.69, 9.17) is 5.26 Å². The molecule has 0 spiro atoms. The third-order valence-electron chi connectivity index (χ3n) is 1.79. The molecule has 0 bridgehead atoms. The van der Waals surface area contributed by atoms with E-state index in [1.54, 1.807) is 6.92 Å². The average Bonchev–Trinajstić information content (AvgIpc) is 2.30. The minimum atomic E-state index is -0.544. The van der Waals surface area contributed by atoms with Gasteiger partial charge in [-0.25, -0.2) is 4.79 Å². The number of amides is 3. The van der Waals surface area contributed by atoms with E-state index in [2.05, 4.69) is 10.6 Å². The van der Waals surface area contributed by atoms with Crippen LogP contribution in [0.1, 0.15) is 13.3 Å². The molecule has 0 aromatic rings. The number of hydrogen-bond donors (Lipinski definition) is 2. The van der Waals surface area contributed by atoms with Crippen molar-refractivity contribution in [3.63, 3.8) is 0 Å². The summed E-state index contributed by atoms with van der Waals surface area (Å²) < 4.78 is 0. The fraction of sp³-hybridized carbons (Fsp3) is 0.571. The van der Waals surface area contributed by atoms with Gasteiger partial charge in [-0.1, -0.05) is 6.92 Å². The lowest BCUT2D eigenvalue weighted by molar-refractivity contribution is -0.121. The Kier molecular flexibility index (Phi) is 2.29. The van der Waals surface area contributed by atoms with Crippen molar-refractivity contribution in [2.75, 3.05) is 0 Å². The molecule has 1 fully saturated rings. The number of carbonyl (C=O) groups is 2. The van der Waals surface area contributed by atoms with E-state index in [1.165, 1.54) is 0 Å². The first-order chi connectivity index (χ1) is 5.65. The van der Waals surface area contributed by atoms with Gasteiger partial charge in [0.2, 0.25) is 0 Å². The first-order valence-electron chi connectivity index (χ1n) is 3.63. The molecule has 12 heavy (non-hydrogen) atoms. The van der Waals surface area contributed by atoms with Crippen LogP contribution in [0.4, 0.5) is 4.79 Å². The van der Waals surface area contributed by atoms with E-state index in [9.17, 15) is 9.59 Å². The lowest BCUT2D eigenvalue weighted by Gasteiger charge is -2.11. The molecule has 0 radical (unpaired) electrons. The van der Waals surface area contributed by atoms with Gasteiger partial charge in [-0.15, -0.1) is 0 Å². The van der Waals surface area contributed by atoms with Crippen LogP contribution in [0.3, 0.4) is 0 Å². The largest absolute Gasteiger partial charge is 0.326 e. The molecule has 5 nitrogen and oxygen atoms in total. The van der Waals surface area contributed by atoms with E-state index in [0.29, 0.717) is 0 Å². The van der Waals surface area contributed by atoms with E-state index < -0.39 is 12.1 Å². The van der Waals surface area contributed by atoms with E-state index in [-0.39, 0.29) is 18.2 Å². The lowest BCUT2D eigenvalue weighted by Crippen LogP contribution is -2.35. The predicted molar refractivity (Wildman–Crippen MR) is 39.9 cm³/mol. The molecule has 1 heterocycles. The molecular formula is C7H9N3O2. The van der Waals surface area contributed by atoms with Crippen molar-refractivity contribution in [1.29, 1.82) is 5.26 Å². The zero-order valence-electron chi connectivity index (χ0n) is 6.63. The second-order valence-electron chi connectivity index (χ2n) is 2.78. The van der Waals surface area contributed by atoms with Gasteiger partial charge in [-0.2, -0.15) is 5.26 Å². The highest BCUT2D eigenvalue weighted by Crippen LogP contribution is 2.10.